The van der Waals surface area contributed by atoms with Crippen LogP contribution >= 0.6 is 0 Å². The minimum Gasteiger partial charge on any atom is -0.481 e. The number of hydrogen-bond acceptors (Lipinski definition) is 2. The molecule has 1 amide bonds. The minimum atomic E-state index is -0.776. The van der Waals surface area contributed by atoms with E-state index in [9.17, 15) is 9.59 Å². The third-order valence-corrected chi connectivity index (χ3v) is 4.54. The van der Waals surface area contributed by atoms with Crippen LogP contribution in [-0.2, 0) is 9.59 Å². The molecule has 0 bridgehead atoms. The van der Waals surface area contributed by atoms with E-state index in [0.717, 1.165) is 12.8 Å². The summed E-state index contributed by atoms with van der Waals surface area (Å²) in [5, 5.41) is 9.07. The highest BCUT2D eigenvalue weighted by molar-refractivity contribution is 5.86. The number of carbonyl (C=O) groups excluding carboxylic acids is 1. The highest BCUT2D eigenvalue weighted by Crippen LogP contribution is 2.53. The normalized spacial score (nSPS) is 30.7. The lowest BCUT2D eigenvalue weighted by Gasteiger charge is -2.25. The molecule has 1 N–H and O–H groups in total. The molecule has 1 saturated heterocycles. The van der Waals surface area contributed by atoms with Crippen LogP contribution in [0.4, 0.5) is 0 Å². The molecule has 1 saturated carbocycles. The zero-order valence-electron chi connectivity index (χ0n) is 10.8. The first-order valence-electron chi connectivity index (χ1n) is 6.40. The Hall–Kier alpha value is -1.06. The SMILES string of the molecule is CC(C)C1(C(=O)N2C[C@@H](C)[C@H](C(=O)O)C2)CC1. The van der Waals surface area contributed by atoms with Gasteiger partial charge >= 0.3 is 5.97 Å². The minimum absolute atomic E-state index is 0.0689. The first kappa shape index (κ1) is 12.4. The first-order chi connectivity index (χ1) is 7.88. The summed E-state index contributed by atoms with van der Waals surface area (Å²) in [5.41, 5.74) is -0.173. The maximum atomic E-state index is 12.4. The van der Waals surface area contributed by atoms with Crippen LogP contribution in [0.15, 0.2) is 0 Å². The number of aliphatic carboxylic acids is 1. The molecule has 96 valence electrons. The fraction of sp³-hybridized carbons (Fsp3) is 0.846. The Morgan fingerprint density at radius 2 is 1.88 bits per heavy atom. The molecule has 2 atom stereocenters. The molecule has 0 unspecified atom stereocenters. The highest BCUT2D eigenvalue weighted by atomic mass is 16.4. The maximum Gasteiger partial charge on any atom is 0.308 e. The number of carbonyl (C=O) groups is 2. The molecule has 1 heterocycles. The third kappa shape index (κ3) is 1.94. The topological polar surface area (TPSA) is 57.6 Å². The molecule has 0 spiro atoms. The molecule has 2 fully saturated rings. The van der Waals surface area contributed by atoms with Crippen molar-refractivity contribution in [3.05, 3.63) is 0 Å². The first-order valence-corrected chi connectivity index (χ1v) is 6.40. The molecule has 0 aromatic rings. The smallest absolute Gasteiger partial charge is 0.308 e. The summed E-state index contributed by atoms with van der Waals surface area (Å²) in [6.45, 7) is 7.08. The molecule has 2 aliphatic rings. The average Bonchev–Trinajstić information content (AvgIpc) is 2.96. The van der Waals surface area contributed by atoms with Crippen molar-refractivity contribution in [1.29, 1.82) is 0 Å². The second kappa shape index (κ2) is 4.00. The summed E-state index contributed by atoms with van der Waals surface area (Å²) in [7, 11) is 0. The van der Waals surface area contributed by atoms with E-state index in [1.165, 1.54) is 0 Å². The Kier molecular flexibility index (Phi) is 2.92. The van der Waals surface area contributed by atoms with E-state index >= 15 is 0 Å². The van der Waals surface area contributed by atoms with Crippen LogP contribution in [0.2, 0.25) is 0 Å². The zero-order chi connectivity index (χ0) is 12.8. The van der Waals surface area contributed by atoms with Gasteiger partial charge in [-0.05, 0) is 24.7 Å². The predicted octanol–water partition coefficient (Wildman–Crippen LogP) is 1.60. The van der Waals surface area contributed by atoms with Crippen molar-refractivity contribution in [1.82, 2.24) is 4.90 Å². The zero-order valence-corrected chi connectivity index (χ0v) is 10.8. The fourth-order valence-electron chi connectivity index (χ4n) is 2.94. The van der Waals surface area contributed by atoms with Crippen molar-refractivity contribution >= 4 is 11.9 Å². The van der Waals surface area contributed by atoms with E-state index in [1.807, 2.05) is 6.92 Å². The highest BCUT2D eigenvalue weighted by Gasteiger charge is 2.55. The van der Waals surface area contributed by atoms with E-state index in [1.54, 1.807) is 4.90 Å². The lowest BCUT2D eigenvalue weighted by Crippen LogP contribution is -2.38. The maximum absolute atomic E-state index is 12.4. The van der Waals surface area contributed by atoms with Gasteiger partial charge in [-0.2, -0.15) is 0 Å². The standard InChI is InChI=1S/C13H21NO3/c1-8(2)13(4-5-13)12(17)14-6-9(3)10(7-14)11(15)16/h8-10H,4-7H2,1-3H3,(H,15,16)/t9-,10-/m1/s1. The number of nitrogens with zero attached hydrogens (tertiary/aromatic N) is 1. The van der Waals surface area contributed by atoms with Crippen LogP contribution in [0.25, 0.3) is 0 Å². The average molecular weight is 239 g/mol. The van der Waals surface area contributed by atoms with Gasteiger partial charge in [0.1, 0.15) is 0 Å². The van der Waals surface area contributed by atoms with E-state index in [0.29, 0.717) is 19.0 Å². The summed E-state index contributed by atoms with van der Waals surface area (Å²) < 4.78 is 0. The monoisotopic (exact) mass is 239 g/mol. The van der Waals surface area contributed by atoms with Crippen LogP contribution in [-0.4, -0.2) is 35.0 Å². The van der Waals surface area contributed by atoms with Crippen LogP contribution in [0, 0.1) is 23.2 Å². The van der Waals surface area contributed by atoms with Gasteiger partial charge in [0.15, 0.2) is 0 Å². The van der Waals surface area contributed by atoms with Gasteiger partial charge in [-0.3, -0.25) is 9.59 Å². The molecular weight excluding hydrogens is 218 g/mol. The number of rotatable bonds is 3. The molecule has 17 heavy (non-hydrogen) atoms. The quantitative estimate of drug-likeness (QED) is 0.814. The number of hydrogen-bond donors (Lipinski definition) is 1. The molecule has 0 radical (unpaired) electrons. The van der Waals surface area contributed by atoms with E-state index in [-0.39, 0.29) is 23.2 Å². The Morgan fingerprint density at radius 3 is 2.24 bits per heavy atom. The Balaban J connectivity index is 2.06. The van der Waals surface area contributed by atoms with Crippen molar-refractivity contribution in [2.45, 2.75) is 33.6 Å². The molecule has 0 aromatic heterocycles. The van der Waals surface area contributed by atoms with Gasteiger partial charge in [-0.15, -0.1) is 0 Å². The summed E-state index contributed by atoms with van der Waals surface area (Å²) in [6, 6.07) is 0. The summed E-state index contributed by atoms with van der Waals surface area (Å²) in [6.07, 6.45) is 1.93. The van der Waals surface area contributed by atoms with Gasteiger partial charge in [-0.1, -0.05) is 20.8 Å². The van der Waals surface area contributed by atoms with Gasteiger partial charge in [0, 0.05) is 13.1 Å². The second-order valence-electron chi connectivity index (χ2n) is 5.94. The Bertz CT molecular complexity index is 347. The van der Waals surface area contributed by atoms with Crippen molar-refractivity contribution in [2.24, 2.45) is 23.2 Å². The summed E-state index contributed by atoms with van der Waals surface area (Å²) in [4.78, 5) is 25.2. The van der Waals surface area contributed by atoms with Crippen molar-refractivity contribution < 1.29 is 14.7 Å². The number of likely N-dealkylation sites (tertiary alicyclic amines) is 1. The molecular formula is C13H21NO3. The molecule has 1 aliphatic heterocycles. The Morgan fingerprint density at radius 1 is 1.29 bits per heavy atom. The lowest BCUT2D eigenvalue weighted by molar-refractivity contribution is -0.142. The van der Waals surface area contributed by atoms with Crippen molar-refractivity contribution in [3.63, 3.8) is 0 Å². The van der Waals surface area contributed by atoms with Gasteiger partial charge in [-0.25, -0.2) is 0 Å². The number of carboxylic acids is 1. The van der Waals surface area contributed by atoms with Crippen LogP contribution < -0.4 is 0 Å². The fourth-order valence-corrected chi connectivity index (χ4v) is 2.94. The van der Waals surface area contributed by atoms with Gasteiger partial charge < -0.3 is 10.0 Å². The third-order valence-electron chi connectivity index (χ3n) is 4.54. The molecule has 4 heteroatoms. The van der Waals surface area contributed by atoms with Crippen LogP contribution in [0.1, 0.15) is 33.6 Å². The summed E-state index contributed by atoms with van der Waals surface area (Å²) in [5.74, 6) is -0.555. The number of carboxylic acid groups (broad SMARTS) is 1. The van der Waals surface area contributed by atoms with Crippen LogP contribution in [0.3, 0.4) is 0 Å². The lowest BCUT2D eigenvalue weighted by atomic mass is 9.91. The van der Waals surface area contributed by atoms with E-state index in [4.69, 9.17) is 5.11 Å². The van der Waals surface area contributed by atoms with Gasteiger partial charge in [0.25, 0.3) is 0 Å². The summed E-state index contributed by atoms with van der Waals surface area (Å²) >= 11 is 0. The predicted molar refractivity (Wildman–Crippen MR) is 63.4 cm³/mol. The van der Waals surface area contributed by atoms with Crippen molar-refractivity contribution in [3.8, 4) is 0 Å². The molecule has 0 aromatic carbocycles. The van der Waals surface area contributed by atoms with E-state index in [2.05, 4.69) is 13.8 Å². The Labute approximate surface area is 102 Å². The molecule has 2 rings (SSSR count). The largest absolute Gasteiger partial charge is 0.481 e. The van der Waals surface area contributed by atoms with Crippen LogP contribution in [0.5, 0.6) is 0 Å². The molecule has 4 nitrogen and oxygen atoms in total. The number of amides is 1. The second-order valence-corrected chi connectivity index (χ2v) is 5.94. The van der Waals surface area contributed by atoms with Gasteiger partial charge in [0.05, 0.1) is 11.3 Å². The molecule has 1 aliphatic carbocycles. The van der Waals surface area contributed by atoms with E-state index < -0.39 is 5.97 Å². The van der Waals surface area contributed by atoms with Gasteiger partial charge in [0.2, 0.25) is 5.91 Å². The van der Waals surface area contributed by atoms with Crippen molar-refractivity contribution in [2.75, 3.05) is 13.1 Å².